The van der Waals surface area contributed by atoms with Gasteiger partial charge in [0.15, 0.2) is 0 Å². The molecule has 3 unspecified atom stereocenters. The molecule has 0 aromatic heterocycles. The molecule has 0 fully saturated rings. The molecular weight excluding hydrogens is 868 g/mol. The maximum absolute atomic E-state index is 13.5. The third kappa shape index (κ3) is 49.5. The minimum absolute atomic E-state index is 0.0428. The second-order valence-electron chi connectivity index (χ2n) is 21.2. The van der Waals surface area contributed by atoms with Gasteiger partial charge in [-0.05, 0) is 57.4 Å². The van der Waals surface area contributed by atoms with Gasteiger partial charge < -0.3 is 19.4 Å². The van der Waals surface area contributed by atoms with Crippen molar-refractivity contribution in [1.29, 1.82) is 0 Å². The Morgan fingerprint density at radius 1 is 0.500 bits per heavy atom. The summed E-state index contributed by atoms with van der Waals surface area (Å²) >= 11 is 0. The van der Waals surface area contributed by atoms with Gasteiger partial charge in [0.05, 0.1) is 33.8 Å². The molecule has 0 heterocycles. The number of phosphoric ester groups is 1. The molecule has 9 nitrogen and oxygen atoms in total. The van der Waals surface area contributed by atoms with Gasteiger partial charge in [-0.2, -0.15) is 0 Å². The van der Waals surface area contributed by atoms with Crippen molar-refractivity contribution in [3.05, 3.63) is 24.3 Å². The van der Waals surface area contributed by atoms with Gasteiger partial charge in [0.1, 0.15) is 19.3 Å². The predicted octanol–water partition coefficient (Wildman–Crippen LogP) is 17.4. The standard InChI is InChI=1S/C58H113N2O7P/c1-7-10-13-16-19-22-25-27-29-30-31-33-36-39-42-45-48-51-58(62)67-56(49-46-43-40-37-34-24-21-18-15-12-9-3)55(54-66-68(63,64)65-53-52-60(4,5)6)59-57(61)50-47-44-41-38-35-32-28-26-23-20-17-14-11-8-2/h27,29,46,49,55-56H,7-26,28,30-45,47-48,50-54H2,1-6H3,(H-,59,61,63,64)/p+1/b29-27+,49-46+. The molecular formula is C58H114N2O7P+. The van der Waals surface area contributed by atoms with Crippen LogP contribution in [0.25, 0.3) is 0 Å². The van der Waals surface area contributed by atoms with Gasteiger partial charge in [0.2, 0.25) is 5.91 Å². The van der Waals surface area contributed by atoms with E-state index in [1.807, 2.05) is 33.3 Å². The van der Waals surface area contributed by atoms with Crippen molar-refractivity contribution >= 4 is 19.7 Å². The molecule has 10 heteroatoms. The lowest BCUT2D eigenvalue weighted by atomic mass is 10.0. The highest BCUT2D eigenvalue weighted by Gasteiger charge is 2.30. The molecule has 0 aliphatic heterocycles. The zero-order chi connectivity index (χ0) is 50.1. The number of unbranched alkanes of at least 4 members (excludes halogenated alkanes) is 35. The highest BCUT2D eigenvalue weighted by atomic mass is 31.2. The first-order chi connectivity index (χ1) is 32.9. The van der Waals surface area contributed by atoms with E-state index in [2.05, 4.69) is 38.2 Å². The van der Waals surface area contributed by atoms with Crippen LogP contribution >= 0.6 is 7.82 Å². The highest BCUT2D eigenvalue weighted by Crippen LogP contribution is 2.43. The zero-order valence-electron chi connectivity index (χ0n) is 45.9. The van der Waals surface area contributed by atoms with E-state index in [9.17, 15) is 19.0 Å². The minimum Gasteiger partial charge on any atom is -0.456 e. The van der Waals surface area contributed by atoms with E-state index in [-0.39, 0.29) is 25.1 Å². The van der Waals surface area contributed by atoms with Crippen LogP contribution < -0.4 is 5.32 Å². The van der Waals surface area contributed by atoms with E-state index in [0.29, 0.717) is 23.9 Å². The summed E-state index contributed by atoms with van der Waals surface area (Å²) in [6.07, 6.45) is 55.9. The maximum atomic E-state index is 13.5. The van der Waals surface area contributed by atoms with Crippen LogP contribution in [-0.4, -0.2) is 74.3 Å². The second kappa shape index (κ2) is 49.1. The summed E-state index contributed by atoms with van der Waals surface area (Å²) in [6, 6.07) is -0.842. The Morgan fingerprint density at radius 3 is 1.25 bits per heavy atom. The smallest absolute Gasteiger partial charge is 0.456 e. The Bertz CT molecular complexity index is 1220. The first-order valence-corrected chi connectivity index (χ1v) is 30.7. The minimum atomic E-state index is -4.44. The number of nitrogens with zero attached hydrogens (tertiary/aromatic N) is 1. The quantitative estimate of drug-likeness (QED) is 0.0205. The molecule has 0 aromatic rings. The number of amides is 1. The molecule has 1 amide bonds. The SMILES string of the molecule is CCCCCCCC/C=C/CCCCCCCCCC(=O)OC(/C=C/CCCCCCCCCCC)C(COP(=O)(O)OCC[N+](C)(C)C)NC(=O)CCCCCCCCCCCCCCCC. The van der Waals surface area contributed by atoms with Crippen LogP contribution in [0.5, 0.6) is 0 Å². The third-order valence-corrected chi connectivity index (χ3v) is 14.1. The largest absolute Gasteiger partial charge is 0.472 e. The van der Waals surface area contributed by atoms with Crippen molar-refractivity contribution in [2.45, 2.75) is 296 Å². The molecule has 0 aromatic carbocycles. The molecule has 0 aliphatic rings. The number of hydrogen-bond acceptors (Lipinski definition) is 6. The maximum Gasteiger partial charge on any atom is 0.472 e. The van der Waals surface area contributed by atoms with Gasteiger partial charge in [-0.1, -0.05) is 238 Å². The number of nitrogens with one attached hydrogen (secondary N) is 1. The molecule has 0 saturated heterocycles. The summed E-state index contributed by atoms with van der Waals surface area (Å²) in [6.45, 7) is 7.02. The molecule has 0 spiro atoms. The summed E-state index contributed by atoms with van der Waals surface area (Å²) in [5.74, 6) is -0.498. The molecule has 0 radical (unpaired) electrons. The number of hydrogen-bond donors (Lipinski definition) is 2. The number of ether oxygens (including phenoxy) is 1. The van der Waals surface area contributed by atoms with Crippen LogP contribution in [0.2, 0.25) is 0 Å². The predicted molar refractivity (Wildman–Crippen MR) is 291 cm³/mol. The fraction of sp³-hybridized carbons (Fsp3) is 0.897. The van der Waals surface area contributed by atoms with Crippen LogP contribution in [0.3, 0.4) is 0 Å². The molecule has 3 atom stereocenters. The fourth-order valence-corrected chi connectivity index (χ4v) is 9.32. The molecule has 2 N–H and O–H groups in total. The van der Waals surface area contributed by atoms with Crippen molar-refractivity contribution in [3.63, 3.8) is 0 Å². The number of phosphoric acid groups is 1. The van der Waals surface area contributed by atoms with Crippen molar-refractivity contribution in [2.24, 2.45) is 0 Å². The Balaban J connectivity index is 5.28. The van der Waals surface area contributed by atoms with Crippen LogP contribution in [-0.2, 0) is 27.9 Å². The average molecular weight is 983 g/mol. The normalized spacial score (nSPS) is 13.9. The highest BCUT2D eigenvalue weighted by molar-refractivity contribution is 7.47. The number of carbonyl (C=O) groups is 2. The van der Waals surface area contributed by atoms with Gasteiger partial charge in [-0.25, -0.2) is 4.57 Å². The Morgan fingerprint density at radius 2 is 0.853 bits per heavy atom. The number of esters is 1. The van der Waals surface area contributed by atoms with Crippen LogP contribution in [0.15, 0.2) is 24.3 Å². The van der Waals surface area contributed by atoms with E-state index in [4.69, 9.17) is 13.8 Å². The molecule has 0 aliphatic carbocycles. The van der Waals surface area contributed by atoms with Crippen LogP contribution in [0.1, 0.15) is 284 Å². The van der Waals surface area contributed by atoms with Gasteiger partial charge in [-0.15, -0.1) is 0 Å². The average Bonchev–Trinajstić information content (AvgIpc) is 3.29. The van der Waals surface area contributed by atoms with Crippen LogP contribution in [0, 0.1) is 0 Å². The van der Waals surface area contributed by atoms with Gasteiger partial charge in [0, 0.05) is 12.8 Å². The lowest BCUT2D eigenvalue weighted by molar-refractivity contribution is -0.870. The second-order valence-corrected chi connectivity index (χ2v) is 22.6. The number of quaternary nitrogens is 1. The molecule has 68 heavy (non-hydrogen) atoms. The summed E-state index contributed by atoms with van der Waals surface area (Å²) in [7, 11) is 1.51. The lowest BCUT2D eigenvalue weighted by Crippen LogP contribution is -2.47. The van der Waals surface area contributed by atoms with Crippen LogP contribution in [0.4, 0.5) is 0 Å². The molecule has 0 rings (SSSR count). The van der Waals surface area contributed by atoms with Crippen molar-refractivity contribution in [1.82, 2.24) is 5.32 Å². The topological polar surface area (TPSA) is 111 Å². The number of likely N-dealkylation sites (N-methyl/N-ethyl adjacent to an activating group) is 1. The van der Waals surface area contributed by atoms with Crippen molar-refractivity contribution in [2.75, 3.05) is 40.9 Å². The Labute approximate surface area is 422 Å². The summed E-state index contributed by atoms with van der Waals surface area (Å²) in [4.78, 5) is 37.5. The van der Waals surface area contributed by atoms with E-state index in [1.165, 1.54) is 193 Å². The fourth-order valence-electron chi connectivity index (χ4n) is 8.58. The van der Waals surface area contributed by atoms with Gasteiger partial charge >= 0.3 is 13.8 Å². The lowest BCUT2D eigenvalue weighted by Gasteiger charge is -2.27. The first-order valence-electron chi connectivity index (χ1n) is 29.2. The number of allylic oxidation sites excluding steroid dienone is 3. The monoisotopic (exact) mass is 982 g/mol. The van der Waals surface area contributed by atoms with Gasteiger partial charge in [-0.3, -0.25) is 18.6 Å². The Kier molecular flexibility index (Phi) is 48.0. The Hall–Kier alpha value is -1.51. The summed E-state index contributed by atoms with van der Waals surface area (Å²) in [5.41, 5.74) is 0. The summed E-state index contributed by atoms with van der Waals surface area (Å²) < 4.78 is 30.6. The molecule has 402 valence electrons. The molecule has 0 bridgehead atoms. The first kappa shape index (κ1) is 66.5. The zero-order valence-corrected chi connectivity index (χ0v) is 46.8. The number of carbonyl (C=O) groups excluding carboxylic acids is 2. The van der Waals surface area contributed by atoms with E-state index < -0.39 is 20.0 Å². The van der Waals surface area contributed by atoms with Crippen molar-refractivity contribution < 1.29 is 37.3 Å². The number of rotatable bonds is 53. The van der Waals surface area contributed by atoms with E-state index >= 15 is 0 Å². The van der Waals surface area contributed by atoms with E-state index in [1.54, 1.807) is 0 Å². The molecule has 0 saturated carbocycles. The van der Waals surface area contributed by atoms with Gasteiger partial charge in [0.25, 0.3) is 0 Å². The third-order valence-electron chi connectivity index (χ3n) is 13.1. The van der Waals surface area contributed by atoms with E-state index in [0.717, 1.165) is 57.8 Å². The van der Waals surface area contributed by atoms with Crippen molar-refractivity contribution in [3.8, 4) is 0 Å². The summed E-state index contributed by atoms with van der Waals surface area (Å²) in [5, 5.41) is 3.05.